The van der Waals surface area contributed by atoms with Gasteiger partial charge in [0.15, 0.2) is 0 Å². The zero-order valence-corrected chi connectivity index (χ0v) is 19.7. The van der Waals surface area contributed by atoms with Gasteiger partial charge in [0.1, 0.15) is 11.6 Å². The number of piperazine rings is 1. The van der Waals surface area contributed by atoms with Gasteiger partial charge >= 0.3 is 0 Å². The Balaban J connectivity index is 1.57. The van der Waals surface area contributed by atoms with Gasteiger partial charge in [-0.1, -0.05) is 41.9 Å². The van der Waals surface area contributed by atoms with E-state index in [4.69, 9.17) is 21.3 Å². The van der Waals surface area contributed by atoms with Crippen LogP contribution < -0.4 is 15.2 Å². The molecule has 1 fully saturated rings. The van der Waals surface area contributed by atoms with Crippen LogP contribution in [0.3, 0.4) is 0 Å². The van der Waals surface area contributed by atoms with Crippen molar-refractivity contribution in [3.05, 3.63) is 82.9 Å². The summed E-state index contributed by atoms with van der Waals surface area (Å²) in [5.41, 5.74) is 8.68. The average molecular weight is 462 g/mol. The highest BCUT2D eigenvalue weighted by molar-refractivity contribution is 6.31. The molecule has 2 aliphatic rings. The maximum absolute atomic E-state index is 6.41. The third-order valence-electron chi connectivity index (χ3n) is 6.21. The second kappa shape index (κ2) is 9.43. The Bertz CT molecular complexity index is 1170. The number of likely N-dealkylation sites (N-methyl/N-ethyl adjacent to an activating group) is 1. The van der Waals surface area contributed by atoms with Crippen LogP contribution in [0.15, 0.2) is 71.7 Å². The quantitative estimate of drug-likeness (QED) is 0.602. The summed E-state index contributed by atoms with van der Waals surface area (Å²) in [6.07, 6.45) is 0. The van der Waals surface area contributed by atoms with Gasteiger partial charge in [-0.05, 0) is 43.4 Å². The van der Waals surface area contributed by atoms with Gasteiger partial charge < -0.3 is 14.5 Å². The molecule has 7 heteroatoms. The van der Waals surface area contributed by atoms with Gasteiger partial charge in [-0.2, -0.15) is 0 Å². The second-order valence-electron chi connectivity index (χ2n) is 8.36. The second-order valence-corrected chi connectivity index (χ2v) is 8.79. The third kappa shape index (κ3) is 4.42. The maximum atomic E-state index is 6.41. The van der Waals surface area contributed by atoms with E-state index in [-0.39, 0.29) is 0 Å². The van der Waals surface area contributed by atoms with Gasteiger partial charge in [0.05, 0.1) is 24.2 Å². The molecule has 33 heavy (non-hydrogen) atoms. The highest BCUT2D eigenvalue weighted by Gasteiger charge is 2.27. The van der Waals surface area contributed by atoms with E-state index < -0.39 is 0 Å². The van der Waals surface area contributed by atoms with Crippen LogP contribution in [0.2, 0.25) is 5.02 Å². The molecule has 170 valence electrons. The van der Waals surface area contributed by atoms with E-state index in [1.165, 1.54) is 0 Å². The number of nitrogens with one attached hydrogen (secondary N) is 1. The predicted octanol–water partition coefficient (Wildman–Crippen LogP) is 4.83. The number of hydrogen-bond acceptors (Lipinski definition) is 6. The van der Waals surface area contributed by atoms with Crippen molar-refractivity contribution in [2.24, 2.45) is 4.99 Å². The molecule has 0 unspecified atom stereocenters. The molecule has 2 heterocycles. The van der Waals surface area contributed by atoms with Gasteiger partial charge in [-0.15, -0.1) is 0 Å². The average Bonchev–Trinajstić information content (AvgIpc) is 2.98. The molecule has 3 aromatic carbocycles. The SMILES string of the molecule is COc1ccccc1CNN1c2ccc(Cl)cc2N=C(N2CCN(C)CC2)c2ccccc21. The number of hydrazine groups is 1. The number of fused-ring (bicyclic) bond motifs is 2. The van der Waals surface area contributed by atoms with Crippen LogP contribution in [0.1, 0.15) is 11.1 Å². The van der Waals surface area contributed by atoms with E-state index >= 15 is 0 Å². The number of para-hydroxylation sites is 2. The number of rotatable bonds is 4. The summed E-state index contributed by atoms with van der Waals surface area (Å²) in [7, 11) is 3.87. The molecular formula is C26H28ClN5O. The van der Waals surface area contributed by atoms with Crippen LogP contribution in [0.25, 0.3) is 0 Å². The molecule has 2 aliphatic heterocycles. The molecule has 0 aliphatic carbocycles. The standard InChI is InChI=1S/C26H28ClN5O/c1-30-13-15-31(16-14-30)26-21-8-4-5-9-23(21)32(24-12-11-20(27)17-22(24)29-26)28-18-19-7-3-6-10-25(19)33-2/h3-12,17,28H,13-16,18H2,1-2H3. The molecule has 0 bridgehead atoms. The minimum Gasteiger partial charge on any atom is -0.496 e. The Morgan fingerprint density at radius 3 is 2.52 bits per heavy atom. The first-order valence-corrected chi connectivity index (χ1v) is 11.6. The van der Waals surface area contributed by atoms with E-state index in [9.17, 15) is 0 Å². The molecule has 5 rings (SSSR count). The van der Waals surface area contributed by atoms with Crippen LogP contribution in [0.4, 0.5) is 17.1 Å². The molecule has 0 radical (unpaired) electrons. The van der Waals surface area contributed by atoms with Gasteiger partial charge in [-0.25, -0.2) is 10.4 Å². The molecule has 0 aromatic heterocycles. The van der Waals surface area contributed by atoms with Crippen LogP contribution in [0.5, 0.6) is 5.75 Å². The number of anilines is 2. The smallest absolute Gasteiger partial charge is 0.138 e. The van der Waals surface area contributed by atoms with Crippen molar-refractivity contribution in [2.45, 2.75) is 6.54 Å². The fourth-order valence-corrected chi connectivity index (χ4v) is 4.55. The Labute approximate surface area is 200 Å². The molecule has 3 aromatic rings. The normalized spacial score (nSPS) is 16.0. The monoisotopic (exact) mass is 461 g/mol. The van der Waals surface area contributed by atoms with Crippen molar-refractivity contribution >= 4 is 34.5 Å². The number of hydrogen-bond donors (Lipinski definition) is 1. The van der Waals surface area contributed by atoms with Gasteiger partial charge in [0, 0.05) is 48.9 Å². The number of amidine groups is 1. The number of halogens is 1. The molecule has 0 atom stereocenters. The van der Waals surface area contributed by atoms with Crippen LogP contribution in [-0.2, 0) is 6.54 Å². The van der Waals surface area contributed by atoms with Crippen LogP contribution in [0, 0.1) is 0 Å². The van der Waals surface area contributed by atoms with Crippen molar-refractivity contribution in [3.63, 3.8) is 0 Å². The number of nitrogens with zero attached hydrogens (tertiary/aromatic N) is 4. The van der Waals surface area contributed by atoms with Crippen molar-refractivity contribution in [1.29, 1.82) is 0 Å². The van der Waals surface area contributed by atoms with E-state index in [0.29, 0.717) is 11.6 Å². The number of methoxy groups -OCH3 is 1. The number of aliphatic imine (C=N–C) groups is 1. The van der Waals surface area contributed by atoms with Crippen molar-refractivity contribution in [2.75, 3.05) is 45.3 Å². The first-order chi connectivity index (χ1) is 16.1. The zero-order valence-electron chi connectivity index (χ0n) is 19.0. The molecule has 0 spiro atoms. The van der Waals surface area contributed by atoms with Gasteiger partial charge in [0.2, 0.25) is 0 Å². The lowest BCUT2D eigenvalue weighted by atomic mass is 10.1. The summed E-state index contributed by atoms with van der Waals surface area (Å²) >= 11 is 6.41. The molecule has 0 amide bonds. The highest BCUT2D eigenvalue weighted by atomic mass is 35.5. The summed E-state index contributed by atoms with van der Waals surface area (Å²) < 4.78 is 5.56. The summed E-state index contributed by atoms with van der Waals surface area (Å²) in [5, 5.41) is 2.80. The Morgan fingerprint density at radius 2 is 1.70 bits per heavy atom. The van der Waals surface area contributed by atoms with E-state index in [1.807, 2.05) is 36.4 Å². The Morgan fingerprint density at radius 1 is 0.939 bits per heavy atom. The summed E-state index contributed by atoms with van der Waals surface area (Å²) in [5.74, 6) is 1.85. The summed E-state index contributed by atoms with van der Waals surface area (Å²) in [6.45, 7) is 4.51. The van der Waals surface area contributed by atoms with Gasteiger partial charge in [-0.3, -0.25) is 5.01 Å². The fraction of sp³-hybridized carbons (Fsp3) is 0.269. The van der Waals surface area contributed by atoms with E-state index in [0.717, 1.165) is 66.0 Å². The lowest BCUT2D eigenvalue weighted by molar-refractivity contribution is 0.216. The summed E-state index contributed by atoms with van der Waals surface area (Å²) in [4.78, 5) is 9.90. The molecule has 1 saturated heterocycles. The zero-order chi connectivity index (χ0) is 22.8. The number of benzene rings is 3. The molecular weight excluding hydrogens is 434 g/mol. The third-order valence-corrected chi connectivity index (χ3v) is 6.45. The minimum absolute atomic E-state index is 0.601. The van der Waals surface area contributed by atoms with E-state index in [1.54, 1.807) is 7.11 Å². The van der Waals surface area contributed by atoms with Crippen molar-refractivity contribution < 1.29 is 4.74 Å². The minimum atomic E-state index is 0.601. The molecule has 1 N–H and O–H groups in total. The first kappa shape index (κ1) is 21.8. The van der Waals surface area contributed by atoms with Crippen LogP contribution in [-0.4, -0.2) is 56.0 Å². The highest BCUT2D eigenvalue weighted by Crippen LogP contribution is 2.40. The number of ether oxygens (including phenoxy) is 1. The van der Waals surface area contributed by atoms with Crippen LogP contribution >= 0.6 is 11.6 Å². The fourth-order valence-electron chi connectivity index (χ4n) is 4.38. The molecule has 6 nitrogen and oxygen atoms in total. The van der Waals surface area contributed by atoms with E-state index in [2.05, 4.69) is 57.6 Å². The predicted molar refractivity (Wildman–Crippen MR) is 135 cm³/mol. The maximum Gasteiger partial charge on any atom is 0.138 e. The molecule has 0 saturated carbocycles. The lowest BCUT2D eigenvalue weighted by Crippen LogP contribution is -2.47. The first-order valence-electron chi connectivity index (χ1n) is 11.2. The van der Waals surface area contributed by atoms with Gasteiger partial charge in [0.25, 0.3) is 0 Å². The van der Waals surface area contributed by atoms with Crippen molar-refractivity contribution in [1.82, 2.24) is 15.2 Å². The summed E-state index contributed by atoms with van der Waals surface area (Å²) in [6, 6.07) is 22.4. The van der Waals surface area contributed by atoms with Crippen molar-refractivity contribution in [3.8, 4) is 5.75 Å². The largest absolute Gasteiger partial charge is 0.496 e. The topological polar surface area (TPSA) is 43.3 Å². The Kier molecular flexibility index (Phi) is 6.22. The lowest BCUT2D eigenvalue weighted by Gasteiger charge is -2.35. The Hall–Kier alpha value is -3.06.